The lowest BCUT2D eigenvalue weighted by Gasteiger charge is -2.30. The summed E-state index contributed by atoms with van der Waals surface area (Å²) in [5, 5.41) is 0. The highest BCUT2D eigenvalue weighted by Crippen LogP contribution is 2.21. The Morgan fingerprint density at radius 1 is 0.556 bits per heavy atom. The second-order valence-corrected chi connectivity index (χ2v) is 8.77. The summed E-state index contributed by atoms with van der Waals surface area (Å²) in [7, 11) is 2.24. The van der Waals surface area contributed by atoms with Gasteiger partial charge in [-0.25, -0.2) is 0 Å². The minimum absolute atomic E-state index is 0.624. The molecule has 27 heavy (non-hydrogen) atoms. The van der Waals surface area contributed by atoms with E-state index in [4.69, 9.17) is 0 Å². The topological polar surface area (TPSA) is 6.48 Å². The summed E-state index contributed by atoms with van der Waals surface area (Å²) in [6.45, 7) is 5.82. The highest BCUT2D eigenvalue weighted by molar-refractivity contribution is 4.95. The molecule has 0 aromatic carbocycles. The molecule has 0 saturated carbocycles. The molecule has 0 spiro atoms. The molecule has 2 heteroatoms. The third-order valence-electron chi connectivity index (χ3n) is 6.18. The van der Waals surface area contributed by atoms with Gasteiger partial charge in [0.1, 0.15) is 6.17 Å². The minimum Gasteiger partial charge on any atom is -0.359 e. The summed E-state index contributed by atoms with van der Waals surface area (Å²) in [5.41, 5.74) is 0. The van der Waals surface area contributed by atoms with Crippen LogP contribution in [0.15, 0.2) is 12.4 Å². The second-order valence-electron chi connectivity index (χ2n) is 8.77. The maximum absolute atomic E-state index is 2.57. The lowest BCUT2D eigenvalue weighted by molar-refractivity contribution is 0.159. The molecular weight excluding hydrogens is 328 g/mol. The molecular formula is C25H50N2. The summed E-state index contributed by atoms with van der Waals surface area (Å²) in [4.78, 5) is 4.98. The Kier molecular flexibility index (Phi) is 15.7. The van der Waals surface area contributed by atoms with Crippen LogP contribution in [-0.4, -0.2) is 29.6 Å². The molecule has 1 rings (SSSR count). The van der Waals surface area contributed by atoms with E-state index in [1.165, 1.54) is 122 Å². The quantitative estimate of drug-likeness (QED) is 0.209. The van der Waals surface area contributed by atoms with Gasteiger partial charge in [0.25, 0.3) is 0 Å². The van der Waals surface area contributed by atoms with Crippen molar-refractivity contribution in [1.29, 1.82) is 0 Å². The van der Waals surface area contributed by atoms with Crippen LogP contribution in [0, 0.1) is 0 Å². The molecule has 0 amide bonds. The number of hydrogen-bond donors (Lipinski definition) is 0. The van der Waals surface area contributed by atoms with E-state index in [1.807, 2.05) is 0 Å². The molecule has 1 aliphatic rings. The Morgan fingerprint density at radius 3 is 1.52 bits per heavy atom. The molecule has 0 aromatic heterocycles. The highest BCUT2D eigenvalue weighted by atomic mass is 15.4. The second kappa shape index (κ2) is 17.4. The zero-order chi connectivity index (χ0) is 19.6. The van der Waals surface area contributed by atoms with Crippen molar-refractivity contribution >= 4 is 0 Å². The maximum atomic E-state index is 2.57. The van der Waals surface area contributed by atoms with Gasteiger partial charge in [-0.2, -0.15) is 0 Å². The molecule has 0 N–H and O–H groups in total. The van der Waals surface area contributed by atoms with Crippen molar-refractivity contribution in [3.63, 3.8) is 0 Å². The van der Waals surface area contributed by atoms with E-state index in [0.717, 1.165) is 0 Å². The molecule has 0 fully saturated rings. The molecule has 1 heterocycles. The van der Waals surface area contributed by atoms with Crippen molar-refractivity contribution in [2.24, 2.45) is 0 Å². The van der Waals surface area contributed by atoms with Gasteiger partial charge in [0.05, 0.1) is 0 Å². The predicted molar refractivity (Wildman–Crippen MR) is 122 cm³/mol. The van der Waals surface area contributed by atoms with Gasteiger partial charge in [-0.3, -0.25) is 0 Å². The van der Waals surface area contributed by atoms with E-state index >= 15 is 0 Å². The summed E-state index contributed by atoms with van der Waals surface area (Å²) in [6.07, 6.45) is 30.8. The number of hydrogen-bond acceptors (Lipinski definition) is 2. The summed E-state index contributed by atoms with van der Waals surface area (Å²) >= 11 is 0. The van der Waals surface area contributed by atoms with E-state index in [0.29, 0.717) is 6.17 Å². The maximum Gasteiger partial charge on any atom is 0.100 e. The highest BCUT2D eigenvalue weighted by Gasteiger charge is 2.22. The van der Waals surface area contributed by atoms with Crippen molar-refractivity contribution in [3.8, 4) is 0 Å². The first-order valence-corrected chi connectivity index (χ1v) is 12.5. The molecule has 1 atom stereocenters. The van der Waals surface area contributed by atoms with Crippen LogP contribution in [0.3, 0.4) is 0 Å². The fourth-order valence-corrected chi connectivity index (χ4v) is 4.28. The van der Waals surface area contributed by atoms with E-state index in [-0.39, 0.29) is 0 Å². The summed E-state index contributed by atoms with van der Waals surface area (Å²) in [6, 6.07) is 0. The third-order valence-corrected chi connectivity index (χ3v) is 6.18. The smallest absolute Gasteiger partial charge is 0.100 e. The predicted octanol–water partition coefficient (Wildman–Crippen LogP) is 8.09. The molecule has 0 aromatic rings. The first-order chi connectivity index (χ1) is 13.3. The normalized spacial score (nSPS) is 16.6. The summed E-state index contributed by atoms with van der Waals surface area (Å²) in [5.74, 6) is 0. The van der Waals surface area contributed by atoms with Crippen LogP contribution in [0.1, 0.15) is 129 Å². The molecule has 0 saturated heterocycles. The first kappa shape index (κ1) is 24.4. The van der Waals surface area contributed by atoms with Crippen molar-refractivity contribution in [2.45, 2.75) is 136 Å². The fourth-order valence-electron chi connectivity index (χ4n) is 4.28. The lowest BCUT2D eigenvalue weighted by atomic mass is 10.0. The SMILES string of the molecule is CCCCCCCCCCCCCCCCC1N(C)C=CN1CCCCC. The summed E-state index contributed by atoms with van der Waals surface area (Å²) < 4.78 is 0. The number of nitrogens with zero attached hydrogens (tertiary/aromatic N) is 2. The van der Waals surface area contributed by atoms with Gasteiger partial charge < -0.3 is 9.80 Å². The van der Waals surface area contributed by atoms with Crippen LogP contribution < -0.4 is 0 Å². The lowest BCUT2D eigenvalue weighted by Crippen LogP contribution is -2.36. The van der Waals surface area contributed by atoms with Gasteiger partial charge in [0, 0.05) is 26.0 Å². The van der Waals surface area contributed by atoms with Crippen molar-refractivity contribution in [2.75, 3.05) is 13.6 Å². The van der Waals surface area contributed by atoms with Gasteiger partial charge in [-0.1, -0.05) is 110 Å². The minimum atomic E-state index is 0.624. The first-order valence-electron chi connectivity index (χ1n) is 12.5. The van der Waals surface area contributed by atoms with Crippen molar-refractivity contribution in [3.05, 3.63) is 12.4 Å². The van der Waals surface area contributed by atoms with E-state index in [2.05, 4.69) is 43.1 Å². The average Bonchev–Trinajstić information content (AvgIpc) is 3.02. The van der Waals surface area contributed by atoms with Crippen LogP contribution in [0.25, 0.3) is 0 Å². The van der Waals surface area contributed by atoms with Crippen LogP contribution in [-0.2, 0) is 0 Å². The van der Waals surface area contributed by atoms with Gasteiger partial charge in [-0.15, -0.1) is 0 Å². The third kappa shape index (κ3) is 12.4. The zero-order valence-electron chi connectivity index (χ0n) is 19.1. The van der Waals surface area contributed by atoms with Crippen molar-refractivity contribution < 1.29 is 0 Å². The molecule has 0 radical (unpaired) electrons. The van der Waals surface area contributed by atoms with E-state index in [9.17, 15) is 0 Å². The molecule has 0 bridgehead atoms. The fraction of sp³-hybridized carbons (Fsp3) is 0.920. The van der Waals surface area contributed by atoms with Crippen LogP contribution in [0.2, 0.25) is 0 Å². The number of unbranched alkanes of at least 4 members (excludes halogenated alkanes) is 15. The molecule has 2 nitrogen and oxygen atoms in total. The molecule has 1 unspecified atom stereocenters. The van der Waals surface area contributed by atoms with E-state index < -0.39 is 0 Å². The largest absolute Gasteiger partial charge is 0.359 e. The van der Waals surface area contributed by atoms with Crippen LogP contribution >= 0.6 is 0 Å². The monoisotopic (exact) mass is 378 g/mol. The Morgan fingerprint density at radius 2 is 1.00 bits per heavy atom. The Bertz CT molecular complexity index is 339. The van der Waals surface area contributed by atoms with Gasteiger partial charge >= 0.3 is 0 Å². The van der Waals surface area contributed by atoms with Gasteiger partial charge in [0.2, 0.25) is 0 Å². The van der Waals surface area contributed by atoms with Crippen molar-refractivity contribution in [1.82, 2.24) is 9.80 Å². The Hall–Kier alpha value is -0.660. The standard InChI is InChI=1S/C25H50N2/c1-4-6-8-9-10-11-12-13-14-15-16-17-18-19-21-25-26(3)23-24-27(25)22-20-7-5-2/h23-25H,4-22H2,1-3H3. The molecule has 0 aliphatic carbocycles. The molecule has 160 valence electrons. The zero-order valence-corrected chi connectivity index (χ0v) is 19.1. The Balaban J connectivity index is 1.88. The van der Waals surface area contributed by atoms with Gasteiger partial charge in [-0.05, 0) is 19.3 Å². The van der Waals surface area contributed by atoms with Gasteiger partial charge in [0.15, 0.2) is 0 Å². The Labute approximate surface area is 171 Å². The van der Waals surface area contributed by atoms with E-state index in [1.54, 1.807) is 0 Å². The number of rotatable bonds is 19. The van der Waals surface area contributed by atoms with Crippen LogP contribution in [0.5, 0.6) is 0 Å². The molecule has 1 aliphatic heterocycles. The average molecular weight is 379 g/mol. The van der Waals surface area contributed by atoms with Crippen LogP contribution in [0.4, 0.5) is 0 Å².